The molecule has 1 aliphatic rings. The number of hydrogen-bond acceptors (Lipinski definition) is 4. The Balaban J connectivity index is 1.55. The zero-order chi connectivity index (χ0) is 21.1. The van der Waals surface area contributed by atoms with Crippen LogP contribution < -0.4 is 0 Å². The van der Waals surface area contributed by atoms with Gasteiger partial charge in [-0.25, -0.2) is 4.98 Å². The van der Waals surface area contributed by atoms with Crippen molar-refractivity contribution >= 4 is 50.0 Å². The molecule has 148 valence electrons. The van der Waals surface area contributed by atoms with Gasteiger partial charge in [0.15, 0.2) is 11.4 Å². The molecule has 2 heterocycles. The number of benzene rings is 3. The van der Waals surface area contributed by atoms with Crippen LogP contribution in [-0.4, -0.2) is 21.0 Å². The van der Waals surface area contributed by atoms with Crippen molar-refractivity contribution in [2.45, 2.75) is 6.92 Å². The molecular weight excluding hydrogens is 402 g/mol. The van der Waals surface area contributed by atoms with E-state index < -0.39 is 0 Å². The number of rotatable bonds is 2. The Labute approximate surface area is 182 Å². The van der Waals surface area contributed by atoms with Crippen molar-refractivity contribution in [3.8, 4) is 5.69 Å². The van der Waals surface area contributed by atoms with Crippen LogP contribution in [0.15, 0.2) is 78.4 Å². The smallest absolute Gasteiger partial charge is 0.195 e. The lowest BCUT2D eigenvalue weighted by molar-refractivity contribution is 0.104. The number of aryl methyl sites for hydroxylation is 1. The fraction of sp³-hybridized carbons (Fsp3) is 0.0385. The van der Waals surface area contributed by atoms with Gasteiger partial charge < -0.3 is 0 Å². The van der Waals surface area contributed by atoms with Crippen molar-refractivity contribution < 1.29 is 4.79 Å². The molecule has 1 N–H and O–H groups in total. The van der Waals surface area contributed by atoms with Crippen molar-refractivity contribution in [3.05, 3.63) is 100 Å². The van der Waals surface area contributed by atoms with Crippen LogP contribution >= 0.6 is 11.3 Å². The second kappa shape index (κ2) is 6.59. The molecule has 31 heavy (non-hydrogen) atoms. The number of carbonyl (C=O) groups is 1. The Kier molecular flexibility index (Phi) is 3.82. The van der Waals surface area contributed by atoms with Crippen molar-refractivity contribution in [2.24, 2.45) is 0 Å². The van der Waals surface area contributed by atoms with Gasteiger partial charge in [0.25, 0.3) is 0 Å². The van der Waals surface area contributed by atoms with Gasteiger partial charge in [-0.05, 0) is 54.1 Å². The minimum Gasteiger partial charge on any atom is -0.299 e. The van der Waals surface area contributed by atoms with Crippen LogP contribution in [0.2, 0.25) is 0 Å². The fourth-order valence-corrected chi connectivity index (χ4v) is 5.14. The highest BCUT2D eigenvalue weighted by molar-refractivity contribution is 7.18. The van der Waals surface area contributed by atoms with Crippen LogP contribution in [0, 0.1) is 12.3 Å². The quantitative estimate of drug-likeness (QED) is 0.347. The number of aromatic nitrogens is 2. The molecule has 6 rings (SSSR count). The van der Waals surface area contributed by atoms with Crippen LogP contribution in [0.3, 0.4) is 0 Å². The Morgan fingerprint density at radius 3 is 2.35 bits per heavy atom. The first-order valence-corrected chi connectivity index (χ1v) is 10.8. The summed E-state index contributed by atoms with van der Waals surface area (Å²) in [4.78, 5) is 18.0. The molecule has 0 aliphatic heterocycles. The maximum Gasteiger partial charge on any atom is 0.195 e. The first-order chi connectivity index (χ1) is 15.1. The van der Waals surface area contributed by atoms with E-state index in [9.17, 15) is 4.79 Å². The number of nitrogens with one attached hydrogen (secondary N) is 1. The van der Waals surface area contributed by atoms with Gasteiger partial charge in [-0.2, -0.15) is 0 Å². The molecule has 4 nitrogen and oxygen atoms in total. The molecule has 0 bridgehead atoms. The molecule has 0 unspecified atom stereocenters. The first-order valence-electron chi connectivity index (χ1n) is 10.0. The van der Waals surface area contributed by atoms with Crippen molar-refractivity contribution in [2.75, 3.05) is 0 Å². The van der Waals surface area contributed by atoms with Crippen LogP contribution in [0.25, 0.3) is 32.9 Å². The lowest BCUT2D eigenvalue weighted by Gasteiger charge is -2.08. The summed E-state index contributed by atoms with van der Waals surface area (Å²) in [5, 5.41) is 11.8. The zero-order valence-corrected chi connectivity index (χ0v) is 17.5. The normalized spacial score (nSPS) is 14.8. The number of Topliss-reactive ketones (excluding diaryl/α,β-unsaturated/α-hetero) is 1. The third-order valence-corrected chi connectivity index (χ3v) is 6.62. The number of fused-ring (bicyclic) bond motifs is 3. The second-order valence-corrected chi connectivity index (χ2v) is 8.90. The zero-order valence-electron chi connectivity index (χ0n) is 16.7. The number of hydrogen-bond donors (Lipinski definition) is 1. The predicted octanol–water partition coefficient (Wildman–Crippen LogP) is 6.20. The summed E-state index contributed by atoms with van der Waals surface area (Å²) in [5.74, 6) is -0.0981. The summed E-state index contributed by atoms with van der Waals surface area (Å²) in [6.07, 6.45) is 1.84. The summed E-state index contributed by atoms with van der Waals surface area (Å²) < 4.78 is 3.12. The molecule has 5 heteroatoms. The fourth-order valence-electron chi connectivity index (χ4n) is 4.29. The second-order valence-electron chi connectivity index (χ2n) is 7.67. The topological polar surface area (TPSA) is 58.7 Å². The molecule has 5 aromatic rings. The summed E-state index contributed by atoms with van der Waals surface area (Å²) in [5.41, 5.74) is 4.71. The number of ketones is 1. The van der Waals surface area contributed by atoms with E-state index in [1.807, 2.05) is 79.7 Å². The maximum absolute atomic E-state index is 13.3. The summed E-state index contributed by atoms with van der Waals surface area (Å²) >= 11 is 1.63. The van der Waals surface area contributed by atoms with E-state index in [0.29, 0.717) is 16.7 Å². The van der Waals surface area contributed by atoms with Crippen LogP contribution in [0.1, 0.15) is 26.6 Å². The Morgan fingerprint density at radius 1 is 0.935 bits per heavy atom. The monoisotopic (exact) mass is 419 g/mol. The standard InChI is InChI=1S/C26H17N3OS/c1-15-28-26-23(31-15)14-19(29(26)18-9-3-2-4-10-18)13-22-24(27)20-11-16-7-5-6-8-17(16)12-21(20)25(22)30/h2-14,27H,1H3/b22-13-,27-24?. The predicted molar refractivity (Wildman–Crippen MR) is 127 cm³/mol. The molecule has 0 amide bonds. The minimum atomic E-state index is -0.0981. The van der Waals surface area contributed by atoms with Gasteiger partial charge in [0.2, 0.25) is 0 Å². The van der Waals surface area contributed by atoms with Crippen molar-refractivity contribution in [1.29, 1.82) is 5.41 Å². The molecule has 2 aromatic heterocycles. The highest BCUT2D eigenvalue weighted by Crippen LogP contribution is 2.34. The number of nitrogens with zero attached hydrogens (tertiary/aromatic N) is 2. The van der Waals surface area contributed by atoms with Crippen LogP contribution in [0.5, 0.6) is 0 Å². The number of thiazole rings is 1. The Hall–Kier alpha value is -3.83. The van der Waals surface area contributed by atoms with E-state index in [4.69, 9.17) is 10.4 Å². The molecule has 0 fully saturated rings. The Morgan fingerprint density at radius 2 is 1.61 bits per heavy atom. The van der Waals surface area contributed by atoms with Gasteiger partial charge in [-0.15, -0.1) is 11.3 Å². The van der Waals surface area contributed by atoms with E-state index in [-0.39, 0.29) is 11.5 Å². The molecule has 0 radical (unpaired) electrons. The molecule has 0 saturated carbocycles. The lowest BCUT2D eigenvalue weighted by atomic mass is 10.0. The Bertz CT molecular complexity index is 1510. The van der Waals surface area contributed by atoms with E-state index >= 15 is 0 Å². The molecular formula is C26H17N3OS. The van der Waals surface area contributed by atoms with Crippen LogP contribution in [-0.2, 0) is 0 Å². The van der Waals surface area contributed by atoms with Crippen molar-refractivity contribution in [3.63, 3.8) is 0 Å². The molecule has 3 aromatic carbocycles. The number of para-hydroxylation sites is 1. The van der Waals surface area contributed by atoms with Crippen molar-refractivity contribution in [1.82, 2.24) is 9.55 Å². The largest absolute Gasteiger partial charge is 0.299 e. The number of allylic oxidation sites excluding steroid dienone is 1. The van der Waals surface area contributed by atoms with Gasteiger partial charge in [-0.3, -0.25) is 14.8 Å². The summed E-state index contributed by atoms with van der Waals surface area (Å²) in [6.45, 7) is 2.00. The number of carbonyl (C=O) groups excluding carboxylic acids is 1. The minimum absolute atomic E-state index is 0.0981. The van der Waals surface area contributed by atoms with Gasteiger partial charge >= 0.3 is 0 Å². The van der Waals surface area contributed by atoms with Gasteiger partial charge in [0.05, 0.1) is 21.0 Å². The SMILES string of the molecule is Cc1nc2c(cc(/C=C3/C(=N)c4cc5ccccc5cc4C3=O)n2-c2ccccc2)s1. The molecule has 0 spiro atoms. The third kappa shape index (κ3) is 2.71. The highest BCUT2D eigenvalue weighted by atomic mass is 32.1. The molecule has 1 aliphatic carbocycles. The first kappa shape index (κ1) is 18.0. The third-order valence-electron chi connectivity index (χ3n) is 5.71. The van der Waals surface area contributed by atoms with Crippen LogP contribution in [0.4, 0.5) is 0 Å². The van der Waals surface area contributed by atoms with E-state index in [2.05, 4.69) is 10.6 Å². The average molecular weight is 420 g/mol. The molecule has 0 atom stereocenters. The lowest BCUT2D eigenvalue weighted by Crippen LogP contribution is -2.03. The van der Waals surface area contributed by atoms with Gasteiger partial charge in [0.1, 0.15) is 0 Å². The van der Waals surface area contributed by atoms with E-state index in [0.717, 1.165) is 37.5 Å². The summed E-state index contributed by atoms with van der Waals surface area (Å²) in [7, 11) is 0. The highest BCUT2D eigenvalue weighted by Gasteiger charge is 2.31. The van der Waals surface area contributed by atoms with Gasteiger partial charge in [0, 0.05) is 22.5 Å². The van der Waals surface area contributed by atoms with E-state index in [1.165, 1.54) is 0 Å². The van der Waals surface area contributed by atoms with E-state index in [1.54, 1.807) is 11.3 Å². The maximum atomic E-state index is 13.3. The van der Waals surface area contributed by atoms with Gasteiger partial charge in [-0.1, -0.05) is 42.5 Å². The summed E-state index contributed by atoms with van der Waals surface area (Å²) in [6, 6.07) is 23.9. The molecule has 0 saturated heterocycles. The average Bonchev–Trinajstić information content (AvgIpc) is 3.37.